The summed E-state index contributed by atoms with van der Waals surface area (Å²) < 4.78 is 0. The summed E-state index contributed by atoms with van der Waals surface area (Å²) >= 11 is 5.76. The van der Waals surface area contributed by atoms with Crippen LogP contribution in [0.25, 0.3) is 0 Å². The summed E-state index contributed by atoms with van der Waals surface area (Å²) in [5.74, 6) is -0.267. The van der Waals surface area contributed by atoms with E-state index in [0.29, 0.717) is 11.3 Å². The number of nitrogens with one attached hydrogen (secondary N) is 1. The summed E-state index contributed by atoms with van der Waals surface area (Å²) in [6.45, 7) is 1.81. The molecule has 2 N–H and O–H groups in total. The number of nitrogens with zero attached hydrogens (tertiary/aromatic N) is 1. The maximum atomic E-state index is 11.9. The Hall–Kier alpha value is -2.07. The maximum Gasteiger partial charge on any atom is 0.255 e. The van der Waals surface area contributed by atoms with Gasteiger partial charge in [-0.2, -0.15) is 0 Å². The Morgan fingerprint density at radius 1 is 1.33 bits per heavy atom. The third-order valence-corrected chi connectivity index (χ3v) is 2.67. The number of halogens is 1. The zero-order valence-electron chi connectivity index (χ0n) is 9.64. The maximum absolute atomic E-state index is 11.9. The van der Waals surface area contributed by atoms with Crippen molar-refractivity contribution in [1.82, 2.24) is 4.98 Å². The van der Waals surface area contributed by atoms with Crippen molar-refractivity contribution in [3.63, 3.8) is 0 Å². The highest BCUT2D eigenvalue weighted by molar-refractivity contribution is 6.32. The molecule has 1 aromatic heterocycles. The molecule has 1 aromatic carbocycles. The van der Waals surface area contributed by atoms with Crippen LogP contribution in [-0.2, 0) is 0 Å². The third kappa shape index (κ3) is 2.78. The number of pyridine rings is 1. The van der Waals surface area contributed by atoms with Gasteiger partial charge in [0.05, 0.1) is 5.02 Å². The average Bonchev–Trinajstić information content (AvgIpc) is 2.34. The molecule has 0 bridgehead atoms. The zero-order chi connectivity index (χ0) is 13.1. The first kappa shape index (κ1) is 12.4. The first-order chi connectivity index (χ1) is 8.56. The Morgan fingerprint density at radius 3 is 2.78 bits per heavy atom. The molecule has 0 radical (unpaired) electrons. The normalized spacial score (nSPS) is 10.1. The molecule has 0 unspecified atom stereocenters. The standard InChI is InChI=1S/C13H11ClN2O2/c1-8-6-9(4-5-15-8)13(18)16-10-2-3-12(17)11(14)7-10/h2-7,17H,1H3,(H,16,18). The molecular formula is C13H11ClN2O2. The van der Waals surface area contributed by atoms with E-state index >= 15 is 0 Å². The Balaban J connectivity index is 2.18. The lowest BCUT2D eigenvalue weighted by atomic mass is 10.2. The summed E-state index contributed by atoms with van der Waals surface area (Å²) in [6, 6.07) is 7.81. The molecule has 0 fully saturated rings. The molecule has 92 valence electrons. The molecule has 4 nitrogen and oxygen atoms in total. The molecule has 0 aliphatic heterocycles. The van der Waals surface area contributed by atoms with Crippen molar-refractivity contribution < 1.29 is 9.90 Å². The average molecular weight is 263 g/mol. The van der Waals surface area contributed by atoms with Crippen LogP contribution < -0.4 is 5.32 Å². The fourth-order valence-corrected chi connectivity index (χ4v) is 1.66. The van der Waals surface area contributed by atoms with Gasteiger partial charge in [0.25, 0.3) is 5.91 Å². The van der Waals surface area contributed by atoms with Crippen molar-refractivity contribution in [3.8, 4) is 5.75 Å². The Kier molecular flexibility index (Phi) is 3.48. The Bertz CT molecular complexity index is 599. The second-order valence-electron chi connectivity index (χ2n) is 3.81. The van der Waals surface area contributed by atoms with Crippen LogP contribution in [0.4, 0.5) is 5.69 Å². The van der Waals surface area contributed by atoms with Crippen molar-refractivity contribution in [2.24, 2.45) is 0 Å². The number of carbonyl (C=O) groups excluding carboxylic acids is 1. The molecule has 0 saturated carbocycles. The van der Waals surface area contributed by atoms with E-state index in [4.69, 9.17) is 11.6 Å². The predicted molar refractivity (Wildman–Crippen MR) is 70.0 cm³/mol. The first-order valence-electron chi connectivity index (χ1n) is 5.29. The number of phenols is 1. The van der Waals surface area contributed by atoms with Crippen LogP contribution in [0.15, 0.2) is 36.5 Å². The van der Waals surface area contributed by atoms with Crippen LogP contribution in [-0.4, -0.2) is 16.0 Å². The van der Waals surface area contributed by atoms with Gasteiger partial charge in [0, 0.05) is 23.1 Å². The quantitative estimate of drug-likeness (QED) is 0.818. The van der Waals surface area contributed by atoms with Crippen LogP contribution in [0.3, 0.4) is 0 Å². The molecule has 2 rings (SSSR count). The minimum atomic E-state index is -0.248. The van der Waals surface area contributed by atoms with Gasteiger partial charge in [-0.15, -0.1) is 0 Å². The fraction of sp³-hybridized carbons (Fsp3) is 0.0769. The molecule has 0 aliphatic rings. The number of rotatable bonds is 2. The van der Waals surface area contributed by atoms with Gasteiger partial charge in [0.15, 0.2) is 0 Å². The van der Waals surface area contributed by atoms with Gasteiger partial charge in [-0.1, -0.05) is 11.6 Å². The molecule has 0 atom stereocenters. The predicted octanol–water partition coefficient (Wildman–Crippen LogP) is 3.00. The van der Waals surface area contributed by atoms with Crippen molar-refractivity contribution in [1.29, 1.82) is 0 Å². The van der Waals surface area contributed by atoms with Crippen LogP contribution in [0.1, 0.15) is 16.1 Å². The number of aromatic nitrogens is 1. The van der Waals surface area contributed by atoms with Crippen LogP contribution in [0.5, 0.6) is 5.75 Å². The van der Waals surface area contributed by atoms with Crippen LogP contribution in [0, 0.1) is 6.92 Å². The Morgan fingerprint density at radius 2 is 2.11 bits per heavy atom. The van der Waals surface area contributed by atoms with E-state index in [1.54, 1.807) is 24.4 Å². The third-order valence-electron chi connectivity index (χ3n) is 2.36. The minimum Gasteiger partial charge on any atom is -0.506 e. The topological polar surface area (TPSA) is 62.2 Å². The van der Waals surface area contributed by atoms with Gasteiger partial charge in [0.2, 0.25) is 0 Å². The van der Waals surface area contributed by atoms with Crippen molar-refractivity contribution in [2.45, 2.75) is 6.92 Å². The van der Waals surface area contributed by atoms with Crippen molar-refractivity contribution in [3.05, 3.63) is 52.8 Å². The summed E-state index contributed by atoms with van der Waals surface area (Å²) in [7, 11) is 0. The molecule has 1 heterocycles. The molecule has 5 heteroatoms. The summed E-state index contributed by atoms with van der Waals surface area (Å²) in [4.78, 5) is 15.9. The highest BCUT2D eigenvalue weighted by atomic mass is 35.5. The monoisotopic (exact) mass is 262 g/mol. The number of aromatic hydroxyl groups is 1. The number of amides is 1. The number of hydrogen-bond donors (Lipinski definition) is 2. The van der Waals surface area contributed by atoms with E-state index in [-0.39, 0.29) is 16.7 Å². The lowest BCUT2D eigenvalue weighted by Crippen LogP contribution is -2.12. The van der Waals surface area contributed by atoms with Gasteiger partial charge in [-0.3, -0.25) is 9.78 Å². The molecule has 18 heavy (non-hydrogen) atoms. The first-order valence-corrected chi connectivity index (χ1v) is 5.66. The van der Waals surface area contributed by atoms with E-state index in [1.165, 1.54) is 12.1 Å². The van der Waals surface area contributed by atoms with Gasteiger partial charge >= 0.3 is 0 Å². The van der Waals surface area contributed by atoms with Gasteiger partial charge in [0.1, 0.15) is 5.75 Å². The van der Waals surface area contributed by atoms with Crippen molar-refractivity contribution in [2.75, 3.05) is 5.32 Å². The van der Waals surface area contributed by atoms with E-state index in [0.717, 1.165) is 5.69 Å². The summed E-state index contributed by atoms with van der Waals surface area (Å²) in [6.07, 6.45) is 1.58. The molecule has 1 amide bonds. The second-order valence-corrected chi connectivity index (χ2v) is 4.21. The van der Waals surface area contributed by atoms with Crippen LogP contribution in [0.2, 0.25) is 5.02 Å². The molecule has 0 saturated heterocycles. The SMILES string of the molecule is Cc1cc(C(=O)Nc2ccc(O)c(Cl)c2)ccn1. The second kappa shape index (κ2) is 5.06. The highest BCUT2D eigenvalue weighted by Crippen LogP contribution is 2.26. The number of benzene rings is 1. The lowest BCUT2D eigenvalue weighted by Gasteiger charge is -2.06. The zero-order valence-corrected chi connectivity index (χ0v) is 10.4. The lowest BCUT2D eigenvalue weighted by molar-refractivity contribution is 0.102. The number of phenolic OH excluding ortho intramolecular Hbond substituents is 1. The van der Waals surface area contributed by atoms with Gasteiger partial charge < -0.3 is 10.4 Å². The van der Waals surface area contributed by atoms with Gasteiger partial charge in [-0.05, 0) is 37.3 Å². The van der Waals surface area contributed by atoms with Crippen LogP contribution >= 0.6 is 11.6 Å². The smallest absolute Gasteiger partial charge is 0.255 e. The molecular weight excluding hydrogens is 252 g/mol. The number of carbonyl (C=O) groups is 1. The molecule has 2 aromatic rings. The molecule has 0 aliphatic carbocycles. The Labute approximate surface area is 109 Å². The summed E-state index contributed by atoms with van der Waals surface area (Å²) in [5.41, 5.74) is 1.82. The van der Waals surface area contributed by atoms with E-state index in [1.807, 2.05) is 6.92 Å². The summed E-state index contributed by atoms with van der Waals surface area (Å²) in [5, 5.41) is 12.2. The minimum absolute atomic E-state index is 0.0191. The number of aryl methyl sites for hydroxylation is 1. The van der Waals surface area contributed by atoms with E-state index in [9.17, 15) is 9.90 Å². The highest BCUT2D eigenvalue weighted by Gasteiger charge is 2.07. The van der Waals surface area contributed by atoms with Crippen molar-refractivity contribution >= 4 is 23.2 Å². The fourth-order valence-electron chi connectivity index (χ4n) is 1.47. The largest absolute Gasteiger partial charge is 0.506 e. The van der Waals surface area contributed by atoms with E-state index in [2.05, 4.69) is 10.3 Å². The molecule has 0 spiro atoms. The van der Waals surface area contributed by atoms with E-state index < -0.39 is 0 Å². The number of anilines is 1. The van der Waals surface area contributed by atoms with Gasteiger partial charge in [-0.25, -0.2) is 0 Å². The number of hydrogen-bond acceptors (Lipinski definition) is 3.